The van der Waals surface area contributed by atoms with Crippen LogP contribution >= 0.6 is 39.7 Å². The molecule has 31 heavy (non-hydrogen) atoms. The number of hydrogen-bond donors (Lipinski definition) is 1. The van der Waals surface area contributed by atoms with E-state index < -0.39 is 5.92 Å². The van der Waals surface area contributed by atoms with Gasteiger partial charge in [0.15, 0.2) is 0 Å². The van der Waals surface area contributed by atoms with E-state index in [0.29, 0.717) is 29.4 Å². The minimum Gasteiger partial charge on any atom is -0.348 e. The number of carbonyl (C=O) groups is 2. The van der Waals surface area contributed by atoms with Crippen molar-refractivity contribution in [2.45, 2.75) is 13.1 Å². The molecule has 2 aliphatic rings. The van der Waals surface area contributed by atoms with Crippen LogP contribution in [0.2, 0.25) is 5.02 Å². The molecule has 0 spiro atoms. The molecule has 1 atom stereocenters. The highest BCUT2D eigenvalue weighted by Crippen LogP contribution is 2.26. The van der Waals surface area contributed by atoms with E-state index in [0.717, 1.165) is 15.6 Å². The summed E-state index contributed by atoms with van der Waals surface area (Å²) < 4.78 is 0.839. The average molecular weight is 515 g/mol. The Morgan fingerprint density at radius 1 is 1.16 bits per heavy atom. The summed E-state index contributed by atoms with van der Waals surface area (Å²) in [7, 11) is 0. The summed E-state index contributed by atoms with van der Waals surface area (Å²) in [6.45, 7) is 0.682. The van der Waals surface area contributed by atoms with Gasteiger partial charge in [-0.1, -0.05) is 57.9 Å². The lowest BCUT2D eigenvalue weighted by atomic mass is 9.95. The van der Waals surface area contributed by atoms with Crippen LogP contribution in [0.25, 0.3) is 0 Å². The van der Waals surface area contributed by atoms with Crippen molar-refractivity contribution < 1.29 is 9.59 Å². The Morgan fingerprint density at radius 3 is 2.68 bits per heavy atom. The lowest BCUT2D eigenvalue weighted by Gasteiger charge is -2.30. The van der Waals surface area contributed by atoms with Crippen LogP contribution in [0.3, 0.4) is 0 Å². The predicted molar refractivity (Wildman–Crippen MR) is 129 cm³/mol. The van der Waals surface area contributed by atoms with Gasteiger partial charge in [0, 0.05) is 21.6 Å². The maximum atomic E-state index is 12.9. The molecule has 0 radical (unpaired) electrons. The third kappa shape index (κ3) is 5.01. The molecule has 4 rings (SSSR count). The minimum atomic E-state index is -0.442. The number of halogens is 2. The van der Waals surface area contributed by atoms with Crippen LogP contribution in [0.4, 0.5) is 0 Å². The molecule has 1 N–H and O–H groups in total. The van der Waals surface area contributed by atoms with E-state index in [9.17, 15) is 9.59 Å². The van der Waals surface area contributed by atoms with Crippen molar-refractivity contribution >= 4 is 62.4 Å². The number of nitrogens with one attached hydrogen (secondary N) is 1. The van der Waals surface area contributed by atoms with Crippen LogP contribution in [0.1, 0.15) is 21.5 Å². The quantitative estimate of drug-likeness (QED) is 0.583. The zero-order valence-electron chi connectivity index (χ0n) is 16.2. The van der Waals surface area contributed by atoms with Crippen molar-refractivity contribution in [2.24, 2.45) is 10.9 Å². The van der Waals surface area contributed by atoms with Gasteiger partial charge in [0.25, 0.3) is 5.91 Å². The number of aliphatic imine (C=N–C) groups is 1. The summed E-state index contributed by atoms with van der Waals surface area (Å²) in [6.07, 6.45) is 5.47. The summed E-state index contributed by atoms with van der Waals surface area (Å²) in [5, 5.41) is 3.75. The third-order valence-corrected chi connectivity index (χ3v) is 6.02. The number of benzene rings is 2. The molecule has 1 heterocycles. The summed E-state index contributed by atoms with van der Waals surface area (Å²) in [5.74, 6) is -0.739. The van der Waals surface area contributed by atoms with Gasteiger partial charge >= 0.3 is 0 Å². The Morgan fingerprint density at radius 2 is 1.94 bits per heavy atom. The molecule has 0 fully saturated rings. The monoisotopic (exact) mass is 513 g/mol. The lowest BCUT2D eigenvalue weighted by Crippen LogP contribution is -2.45. The first kappa shape index (κ1) is 21.6. The first-order chi connectivity index (χ1) is 14.9. The minimum absolute atomic E-state index is 0.111. The second-order valence-corrected chi connectivity index (χ2v) is 8.83. The van der Waals surface area contributed by atoms with Crippen molar-refractivity contribution in [2.75, 3.05) is 0 Å². The molecule has 1 aliphatic heterocycles. The standard InChI is InChI=1S/C23H17BrClN3O2S/c24-17-8-9-20-19(11-17)22(30)28(23(31)27-20)13-14-4-6-16(7-5-14)21(29)26-12-15-2-1-3-18(25)10-15/h1-11,19H,12-13H2,(H,26,29). The van der Waals surface area contributed by atoms with E-state index in [1.807, 2.05) is 42.5 Å². The third-order valence-electron chi connectivity index (χ3n) is 4.94. The van der Waals surface area contributed by atoms with Gasteiger partial charge in [0.1, 0.15) is 5.92 Å². The van der Waals surface area contributed by atoms with Crippen molar-refractivity contribution in [3.8, 4) is 0 Å². The maximum absolute atomic E-state index is 12.9. The molecule has 2 aromatic carbocycles. The number of rotatable bonds is 5. The lowest BCUT2D eigenvalue weighted by molar-refractivity contribution is -0.128. The second-order valence-electron chi connectivity index (χ2n) is 7.12. The first-order valence-electron chi connectivity index (χ1n) is 9.51. The SMILES string of the molecule is O=C(NCc1cccc(Cl)c1)c1ccc(CN2C(=O)C3C=C(Br)C=CC3=NC2=S)cc1. The Balaban J connectivity index is 1.41. The predicted octanol–water partition coefficient (Wildman–Crippen LogP) is 4.80. The van der Waals surface area contributed by atoms with Crippen LogP contribution in [0.15, 0.2) is 76.2 Å². The van der Waals surface area contributed by atoms with Gasteiger partial charge in [-0.3, -0.25) is 14.5 Å². The Kier molecular flexibility index (Phi) is 6.46. The van der Waals surface area contributed by atoms with Gasteiger partial charge in [-0.2, -0.15) is 0 Å². The molecule has 8 heteroatoms. The topological polar surface area (TPSA) is 61.8 Å². The molecule has 2 amide bonds. The van der Waals surface area contributed by atoms with Crippen molar-refractivity contribution in [3.63, 3.8) is 0 Å². The summed E-state index contributed by atoms with van der Waals surface area (Å²) in [6, 6.07) is 14.4. The van der Waals surface area contributed by atoms with Crippen LogP contribution in [-0.2, 0) is 17.9 Å². The molecule has 1 unspecified atom stereocenters. The molecule has 1 aliphatic carbocycles. The highest BCUT2D eigenvalue weighted by atomic mass is 79.9. The molecule has 156 valence electrons. The molecular weight excluding hydrogens is 498 g/mol. The molecule has 0 bridgehead atoms. The van der Waals surface area contributed by atoms with Crippen LogP contribution in [-0.4, -0.2) is 27.5 Å². The van der Waals surface area contributed by atoms with E-state index >= 15 is 0 Å². The highest BCUT2D eigenvalue weighted by Gasteiger charge is 2.34. The van der Waals surface area contributed by atoms with E-state index in [1.54, 1.807) is 24.3 Å². The zero-order valence-corrected chi connectivity index (χ0v) is 19.4. The van der Waals surface area contributed by atoms with Crippen molar-refractivity contribution in [1.29, 1.82) is 0 Å². The van der Waals surface area contributed by atoms with Crippen LogP contribution in [0.5, 0.6) is 0 Å². The average Bonchev–Trinajstić information content (AvgIpc) is 2.76. The van der Waals surface area contributed by atoms with Gasteiger partial charge in [0.05, 0.1) is 12.3 Å². The first-order valence-corrected chi connectivity index (χ1v) is 11.1. The molecule has 0 saturated carbocycles. The molecule has 0 saturated heterocycles. The number of hydrogen-bond acceptors (Lipinski definition) is 3. The Bertz CT molecular complexity index is 1160. The van der Waals surface area contributed by atoms with Gasteiger partial charge in [-0.05, 0) is 59.8 Å². The van der Waals surface area contributed by atoms with E-state index in [1.165, 1.54) is 4.90 Å². The number of thiocarbonyl (C=S) groups is 1. The number of allylic oxidation sites excluding steroid dienone is 3. The van der Waals surface area contributed by atoms with Crippen molar-refractivity contribution in [1.82, 2.24) is 10.2 Å². The number of carbonyl (C=O) groups excluding carboxylic acids is 2. The maximum Gasteiger partial charge on any atom is 0.251 e. The van der Waals surface area contributed by atoms with Gasteiger partial charge < -0.3 is 5.32 Å². The molecular formula is C23H17BrClN3O2S. The van der Waals surface area contributed by atoms with Crippen LogP contribution < -0.4 is 5.32 Å². The fraction of sp³-hybridized carbons (Fsp3) is 0.130. The smallest absolute Gasteiger partial charge is 0.251 e. The van der Waals surface area contributed by atoms with Gasteiger partial charge in [-0.25, -0.2) is 4.99 Å². The summed E-state index contributed by atoms with van der Waals surface area (Å²) >= 11 is 14.7. The zero-order chi connectivity index (χ0) is 22.0. The Labute approximate surface area is 198 Å². The van der Waals surface area contributed by atoms with E-state index in [-0.39, 0.29) is 16.9 Å². The van der Waals surface area contributed by atoms with Gasteiger partial charge in [0.2, 0.25) is 11.0 Å². The number of amides is 2. The number of nitrogens with zero attached hydrogens (tertiary/aromatic N) is 2. The van der Waals surface area contributed by atoms with Crippen molar-refractivity contribution in [3.05, 3.63) is 93.0 Å². The summed E-state index contributed by atoms with van der Waals surface area (Å²) in [4.78, 5) is 31.2. The van der Waals surface area contributed by atoms with Gasteiger partial charge in [-0.15, -0.1) is 0 Å². The van der Waals surface area contributed by atoms with Crippen LogP contribution in [0, 0.1) is 5.92 Å². The second kappa shape index (κ2) is 9.26. The summed E-state index contributed by atoms with van der Waals surface area (Å²) in [5.41, 5.74) is 2.96. The van der Waals surface area contributed by atoms with E-state index in [2.05, 4.69) is 26.2 Å². The normalized spacial score (nSPS) is 17.7. The molecule has 5 nitrogen and oxygen atoms in total. The van der Waals surface area contributed by atoms with E-state index in [4.69, 9.17) is 23.8 Å². The largest absolute Gasteiger partial charge is 0.348 e. The fourth-order valence-corrected chi connectivity index (χ4v) is 4.20. The Hall–Kier alpha value is -2.61. The molecule has 2 aromatic rings. The fourth-order valence-electron chi connectivity index (χ4n) is 3.33. The highest BCUT2D eigenvalue weighted by molar-refractivity contribution is 9.11. The molecule has 0 aromatic heterocycles. The number of fused-ring (bicyclic) bond motifs is 1.